The molecule has 0 aliphatic heterocycles. The number of nitrogens with zero attached hydrogens (tertiary/aromatic N) is 2. The average Bonchev–Trinajstić information content (AvgIpc) is 2.16. The standard InChI is InChI=1S/C8H6BrF2N3/c9-2-5-6(13)1-4(3-12)14-7(5)8(10)11/h1,8H,2H2,(H2,13,14). The fourth-order valence-electron chi connectivity index (χ4n) is 0.995. The molecule has 0 aliphatic carbocycles. The Kier molecular flexibility index (Phi) is 3.36. The second-order valence-corrected chi connectivity index (χ2v) is 3.07. The topological polar surface area (TPSA) is 62.7 Å². The molecule has 0 atom stereocenters. The Morgan fingerprint density at radius 3 is 2.71 bits per heavy atom. The summed E-state index contributed by atoms with van der Waals surface area (Å²) in [6.45, 7) is 0. The summed E-state index contributed by atoms with van der Waals surface area (Å²) < 4.78 is 24.9. The fourth-order valence-corrected chi connectivity index (χ4v) is 1.61. The molecule has 1 rings (SSSR count). The number of alkyl halides is 3. The van der Waals surface area contributed by atoms with Crippen molar-refractivity contribution >= 4 is 21.6 Å². The van der Waals surface area contributed by atoms with Gasteiger partial charge >= 0.3 is 0 Å². The van der Waals surface area contributed by atoms with Gasteiger partial charge in [-0.05, 0) is 6.07 Å². The van der Waals surface area contributed by atoms with Crippen LogP contribution in [0.4, 0.5) is 14.5 Å². The minimum atomic E-state index is -2.72. The molecule has 14 heavy (non-hydrogen) atoms. The van der Waals surface area contributed by atoms with Crippen molar-refractivity contribution in [3.8, 4) is 6.07 Å². The fraction of sp³-hybridized carbons (Fsp3) is 0.250. The first-order valence-electron chi connectivity index (χ1n) is 3.63. The lowest BCUT2D eigenvalue weighted by Gasteiger charge is -2.08. The lowest BCUT2D eigenvalue weighted by atomic mass is 10.1. The molecule has 0 saturated heterocycles. The van der Waals surface area contributed by atoms with Crippen LogP contribution in [0.3, 0.4) is 0 Å². The summed E-state index contributed by atoms with van der Waals surface area (Å²) in [4.78, 5) is 3.50. The maximum atomic E-state index is 12.5. The Morgan fingerprint density at radius 2 is 2.29 bits per heavy atom. The third-order valence-electron chi connectivity index (χ3n) is 1.65. The quantitative estimate of drug-likeness (QED) is 0.832. The van der Waals surface area contributed by atoms with Crippen molar-refractivity contribution in [2.75, 3.05) is 5.73 Å². The molecule has 0 radical (unpaired) electrons. The highest BCUT2D eigenvalue weighted by atomic mass is 79.9. The number of hydrogen-bond acceptors (Lipinski definition) is 3. The van der Waals surface area contributed by atoms with Gasteiger partial charge in [-0.25, -0.2) is 13.8 Å². The summed E-state index contributed by atoms with van der Waals surface area (Å²) in [6, 6.07) is 2.95. The molecule has 6 heteroatoms. The maximum absolute atomic E-state index is 12.5. The molecule has 0 bridgehead atoms. The summed E-state index contributed by atoms with van der Waals surface area (Å²) in [5.74, 6) is 0. The maximum Gasteiger partial charge on any atom is 0.280 e. The van der Waals surface area contributed by atoms with Crippen LogP contribution in [0.1, 0.15) is 23.4 Å². The van der Waals surface area contributed by atoms with E-state index < -0.39 is 12.1 Å². The van der Waals surface area contributed by atoms with E-state index in [1.807, 2.05) is 0 Å². The van der Waals surface area contributed by atoms with Crippen molar-refractivity contribution in [2.24, 2.45) is 0 Å². The zero-order chi connectivity index (χ0) is 10.7. The number of pyridine rings is 1. The normalized spacial score (nSPS) is 10.2. The van der Waals surface area contributed by atoms with E-state index in [9.17, 15) is 8.78 Å². The van der Waals surface area contributed by atoms with Gasteiger partial charge in [0.2, 0.25) is 0 Å². The highest BCUT2D eigenvalue weighted by Gasteiger charge is 2.17. The van der Waals surface area contributed by atoms with Gasteiger partial charge in [-0.3, -0.25) is 0 Å². The minimum absolute atomic E-state index is 0.0949. The average molecular weight is 262 g/mol. The molecule has 0 amide bonds. The number of hydrogen-bond donors (Lipinski definition) is 1. The second-order valence-electron chi connectivity index (χ2n) is 2.51. The molecule has 74 valence electrons. The van der Waals surface area contributed by atoms with E-state index in [0.717, 1.165) is 0 Å². The number of rotatable bonds is 2. The molecule has 0 aromatic carbocycles. The number of nitriles is 1. The monoisotopic (exact) mass is 261 g/mol. The smallest absolute Gasteiger partial charge is 0.280 e. The first-order valence-corrected chi connectivity index (χ1v) is 4.75. The lowest BCUT2D eigenvalue weighted by molar-refractivity contribution is 0.145. The van der Waals surface area contributed by atoms with Crippen LogP contribution in [0.15, 0.2) is 6.07 Å². The van der Waals surface area contributed by atoms with Gasteiger partial charge in [0.1, 0.15) is 17.5 Å². The Balaban J connectivity index is 3.37. The summed E-state index contributed by atoms with van der Waals surface area (Å²) in [7, 11) is 0. The Bertz CT molecular complexity index is 387. The zero-order valence-electron chi connectivity index (χ0n) is 6.97. The molecule has 0 unspecified atom stereocenters. The highest BCUT2D eigenvalue weighted by molar-refractivity contribution is 9.08. The van der Waals surface area contributed by atoms with E-state index in [1.54, 1.807) is 6.07 Å². The molecule has 0 saturated carbocycles. The minimum Gasteiger partial charge on any atom is -0.398 e. The molecule has 3 nitrogen and oxygen atoms in total. The predicted molar refractivity (Wildman–Crippen MR) is 51.0 cm³/mol. The predicted octanol–water partition coefficient (Wildman–Crippen LogP) is 2.37. The molecule has 0 fully saturated rings. The van der Waals surface area contributed by atoms with E-state index in [4.69, 9.17) is 11.0 Å². The molecule has 1 aromatic rings. The van der Waals surface area contributed by atoms with Crippen LogP contribution in [0.2, 0.25) is 0 Å². The van der Waals surface area contributed by atoms with Crippen LogP contribution in [-0.2, 0) is 5.33 Å². The Hall–Kier alpha value is -1.22. The van der Waals surface area contributed by atoms with E-state index in [0.29, 0.717) is 0 Å². The first kappa shape index (κ1) is 10.9. The van der Waals surface area contributed by atoms with Crippen molar-refractivity contribution in [3.63, 3.8) is 0 Å². The molecule has 1 heterocycles. The number of nitrogen functional groups attached to an aromatic ring is 1. The van der Waals surface area contributed by atoms with Crippen molar-refractivity contribution in [3.05, 3.63) is 23.0 Å². The third kappa shape index (κ3) is 1.99. The first-order chi connectivity index (χ1) is 6.60. The van der Waals surface area contributed by atoms with Gasteiger partial charge in [0, 0.05) is 16.6 Å². The van der Waals surface area contributed by atoms with Crippen LogP contribution in [0, 0.1) is 11.3 Å². The van der Waals surface area contributed by atoms with Crippen molar-refractivity contribution < 1.29 is 8.78 Å². The van der Waals surface area contributed by atoms with Crippen LogP contribution in [0.5, 0.6) is 0 Å². The Labute approximate surface area is 87.7 Å². The van der Waals surface area contributed by atoms with Gasteiger partial charge in [0.25, 0.3) is 6.43 Å². The van der Waals surface area contributed by atoms with Gasteiger partial charge in [-0.1, -0.05) is 15.9 Å². The molecule has 0 spiro atoms. The van der Waals surface area contributed by atoms with E-state index in [2.05, 4.69) is 20.9 Å². The van der Waals surface area contributed by atoms with Crippen molar-refractivity contribution in [1.29, 1.82) is 5.26 Å². The van der Waals surface area contributed by atoms with Gasteiger partial charge in [-0.2, -0.15) is 5.26 Å². The van der Waals surface area contributed by atoms with Crippen molar-refractivity contribution in [1.82, 2.24) is 4.98 Å². The highest BCUT2D eigenvalue weighted by Crippen LogP contribution is 2.27. The molecule has 0 aliphatic rings. The molecule has 2 N–H and O–H groups in total. The summed E-state index contributed by atoms with van der Waals surface area (Å²) in [5.41, 5.74) is 5.36. The number of anilines is 1. The van der Waals surface area contributed by atoms with E-state index in [1.165, 1.54) is 6.07 Å². The Morgan fingerprint density at radius 1 is 1.64 bits per heavy atom. The van der Waals surface area contributed by atoms with E-state index in [-0.39, 0.29) is 22.3 Å². The summed E-state index contributed by atoms with van der Waals surface area (Å²) in [5, 5.41) is 8.70. The van der Waals surface area contributed by atoms with Gasteiger partial charge in [0.05, 0.1) is 0 Å². The number of nitrogens with two attached hydrogens (primary N) is 1. The lowest BCUT2D eigenvalue weighted by Crippen LogP contribution is -2.03. The van der Waals surface area contributed by atoms with Crippen molar-refractivity contribution in [2.45, 2.75) is 11.8 Å². The van der Waals surface area contributed by atoms with Crippen LogP contribution in [0.25, 0.3) is 0 Å². The van der Waals surface area contributed by atoms with Gasteiger partial charge in [0.15, 0.2) is 0 Å². The SMILES string of the molecule is N#Cc1cc(N)c(CBr)c(C(F)F)n1. The van der Waals surface area contributed by atoms with E-state index >= 15 is 0 Å². The molecule has 1 aromatic heterocycles. The van der Waals surface area contributed by atoms with Crippen LogP contribution < -0.4 is 5.73 Å². The zero-order valence-corrected chi connectivity index (χ0v) is 8.55. The summed E-state index contributed by atoms with van der Waals surface area (Å²) >= 11 is 3.04. The summed E-state index contributed by atoms with van der Waals surface area (Å²) in [6.07, 6.45) is -2.72. The van der Waals surface area contributed by atoms with Gasteiger partial charge < -0.3 is 5.73 Å². The van der Waals surface area contributed by atoms with Crippen LogP contribution in [-0.4, -0.2) is 4.98 Å². The second kappa shape index (κ2) is 4.33. The largest absolute Gasteiger partial charge is 0.398 e. The number of halogens is 3. The molecular weight excluding hydrogens is 256 g/mol. The number of aromatic nitrogens is 1. The third-order valence-corrected chi connectivity index (χ3v) is 2.21. The molecular formula is C8H6BrF2N3. The van der Waals surface area contributed by atoms with Gasteiger partial charge in [-0.15, -0.1) is 0 Å². The van der Waals surface area contributed by atoms with Crippen LogP contribution >= 0.6 is 15.9 Å².